The molecule has 22 heavy (non-hydrogen) atoms. The van der Waals surface area contributed by atoms with E-state index in [0.717, 1.165) is 19.6 Å². The molecule has 1 saturated heterocycles. The zero-order valence-electron chi connectivity index (χ0n) is 12.9. The zero-order chi connectivity index (χ0) is 15.2. The minimum absolute atomic E-state index is 0.589. The van der Waals surface area contributed by atoms with E-state index in [9.17, 15) is 0 Å². The second-order valence-electron chi connectivity index (χ2n) is 5.71. The van der Waals surface area contributed by atoms with Crippen molar-refractivity contribution in [2.75, 3.05) is 26.8 Å². The van der Waals surface area contributed by atoms with Crippen molar-refractivity contribution in [2.24, 2.45) is 5.92 Å². The summed E-state index contributed by atoms with van der Waals surface area (Å²) in [5, 5.41) is 8.17. The lowest BCUT2D eigenvalue weighted by Gasteiger charge is -2.31. The van der Waals surface area contributed by atoms with Gasteiger partial charge in [-0.3, -0.25) is 9.58 Å². The summed E-state index contributed by atoms with van der Waals surface area (Å²) >= 11 is 0. The van der Waals surface area contributed by atoms with Gasteiger partial charge in [0.25, 0.3) is 0 Å². The lowest BCUT2D eigenvalue weighted by Crippen LogP contribution is -2.36. The quantitative estimate of drug-likeness (QED) is 0.747. The van der Waals surface area contributed by atoms with E-state index in [1.54, 1.807) is 19.8 Å². The molecule has 2 aromatic rings. The van der Waals surface area contributed by atoms with Crippen molar-refractivity contribution < 1.29 is 9.26 Å². The first-order valence-electron chi connectivity index (χ1n) is 7.68. The number of piperidine rings is 1. The predicted molar refractivity (Wildman–Crippen MR) is 77.9 cm³/mol. The summed E-state index contributed by atoms with van der Waals surface area (Å²) < 4.78 is 12.2. The molecule has 3 heterocycles. The molecule has 2 aromatic heterocycles. The van der Waals surface area contributed by atoms with Crippen LogP contribution in [0.5, 0.6) is 0 Å². The van der Waals surface area contributed by atoms with E-state index in [0.29, 0.717) is 37.2 Å². The van der Waals surface area contributed by atoms with Gasteiger partial charge in [-0.25, -0.2) is 4.98 Å². The zero-order valence-corrected chi connectivity index (χ0v) is 12.9. The van der Waals surface area contributed by atoms with Gasteiger partial charge in [0.05, 0.1) is 13.2 Å². The SMILES string of the molecule is COCCc1noc(CN2CCC[C@@H](Cn3cncn3)C2)n1. The van der Waals surface area contributed by atoms with Gasteiger partial charge in [-0.1, -0.05) is 5.16 Å². The molecule has 1 fully saturated rings. The standard InChI is InChI=1S/C14H22N6O2/c1-21-6-4-13-17-14(22-18-13)9-19-5-2-3-12(7-19)8-20-11-15-10-16-20/h10-12H,2-9H2,1H3/t12-/m1/s1. The second kappa shape index (κ2) is 7.46. The highest BCUT2D eigenvalue weighted by molar-refractivity contribution is 4.87. The van der Waals surface area contributed by atoms with Crippen LogP contribution in [0.1, 0.15) is 24.6 Å². The third-order valence-corrected chi connectivity index (χ3v) is 3.91. The molecule has 0 aliphatic carbocycles. The number of ether oxygens (including phenoxy) is 1. The van der Waals surface area contributed by atoms with E-state index < -0.39 is 0 Å². The summed E-state index contributed by atoms with van der Waals surface area (Å²) in [7, 11) is 1.67. The summed E-state index contributed by atoms with van der Waals surface area (Å²) in [4.78, 5) is 10.8. The first-order chi connectivity index (χ1) is 10.8. The normalized spacial score (nSPS) is 19.6. The van der Waals surface area contributed by atoms with Crippen molar-refractivity contribution in [3.05, 3.63) is 24.4 Å². The molecule has 0 N–H and O–H groups in total. The summed E-state index contributed by atoms with van der Waals surface area (Å²) in [6.45, 7) is 4.34. The second-order valence-corrected chi connectivity index (χ2v) is 5.71. The number of hydrogen-bond acceptors (Lipinski definition) is 7. The number of aromatic nitrogens is 5. The molecular weight excluding hydrogens is 284 g/mol. The van der Waals surface area contributed by atoms with E-state index in [-0.39, 0.29) is 0 Å². The fraction of sp³-hybridized carbons (Fsp3) is 0.714. The number of methoxy groups -OCH3 is 1. The van der Waals surface area contributed by atoms with Crippen molar-refractivity contribution in [1.82, 2.24) is 29.8 Å². The molecule has 0 saturated carbocycles. The van der Waals surface area contributed by atoms with Crippen molar-refractivity contribution >= 4 is 0 Å². The first kappa shape index (κ1) is 15.1. The Morgan fingerprint density at radius 1 is 1.45 bits per heavy atom. The predicted octanol–water partition coefficient (Wildman–Crippen LogP) is 0.762. The lowest BCUT2D eigenvalue weighted by atomic mass is 9.98. The third-order valence-electron chi connectivity index (χ3n) is 3.91. The summed E-state index contributed by atoms with van der Waals surface area (Å²) in [5.74, 6) is 1.99. The Bertz CT molecular complexity index is 555. The van der Waals surface area contributed by atoms with Crippen LogP contribution >= 0.6 is 0 Å². The van der Waals surface area contributed by atoms with E-state index in [4.69, 9.17) is 9.26 Å². The number of likely N-dealkylation sites (tertiary alicyclic amines) is 1. The molecule has 1 atom stereocenters. The molecule has 0 bridgehead atoms. The van der Waals surface area contributed by atoms with Crippen molar-refractivity contribution in [2.45, 2.75) is 32.4 Å². The van der Waals surface area contributed by atoms with Crippen molar-refractivity contribution in [1.29, 1.82) is 0 Å². The van der Waals surface area contributed by atoms with Crippen LogP contribution in [0, 0.1) is 5.92 Å². The minimum Gasteiger partial charge on any atom is -0.384 e. The third kappa shape index (κ3) is 4.11. The first-order valence-corrected chi connectivity index (χ1v) is 7.68. The van der Waals surface area contributed by atoms with Gasteiger partial charge in [0.1, 0.15) is 12.7 Å². The Balaban J connectivity index is 1.50. The highest BCUT2D eigenvalue weighted by Crippen LogP contribution is 2.19. The molecule has 8 heteroatoms. The van der Waals surface area contributed by atoms with Gasteiger partial charge < -0.3 is 9.26 Å². The van der Waals surface area contributed by atoms with Crippen LogP contribution in [0.25, 0.3) is 0 Å². The number of rotatable bonds is 7. The molecule has 0 unspecified atom stereocenters. The highest BCUT2D eigenvalue weighted by Gasteiger charge is 2.22. The van der Waals surface area contributed by atoms with Gasteiger partial charge in [0.15, 0.2) is 5.82 Å². The molecule has 120 valence electrons. The highest BCUT2D eigenvalue weighted by atomic mass is 16.5. The fourth-order valence-corrected chi connectivity index (χ4v) is 2.88. The van der Waals surface area contributed by atoms with E-state index >= 15 is 0 Å². The minimum atomic E-state index is 0.589. The largest absolute Gasteiger partial charge is 0.384 e. The Morgan fingerprint density at radius 2 is 2.41 bits per heavy atom. The summed E-state index contributed by atoms with van der Waals surface area (Å²) in [6.07, 6.45) is 6.46. The molecule has 0 radical (unpaired) electrons. The molecule has 0 aromatic carbocycles. The van der Waals surface area contributed by atoms with Gasteiger partial charge in [-0.2, -0.15) is 10.1 Å². The van der Waals surface area contributed by atoms with E-state index in [1.807, 2.05) is 4.68 Å². The van der Waals surface area contributed by atoms with Crippen LogP contribution < -0.4 is 0 Å². The number of nitrogens with zero attached hydrogens (tertiary/aromatic N) is 6. The maximum absolute atomic E-state index is 5.32. The Hall–Kier alpha value is -1.80. The van der Waals surface area contributed by atoms with Gasteiger partial charge >= 0.3 is 0 Å². The van der Waals surface area contributed by atoms with Gasteiger partial charge in [0.2, 0.25) is 5.89 Å². The van der Waals surface area contributed by atoms with Crippen LogP contribution in [0.4, 0.5) is 0 Å². The van der Waals surface area contributed by atoms with Crippen molar-refractivity contribution in [3.63, 3.8) is 0 Å². The van der Waals surface area contributed by atoms with Gasteiger partial charge in [-0.15, -0.1) is 0 Å². The molecule has 3 rings (SSSR count). The summed E-state index contributed by atoms with van der Waals surface area (Å²) in [6, 6.07) is 0. The average molecular weight is 306 g/mol. The van der Waals surface area contributed by atoms with Gasteiger partial charge in [-0.05, 0) is 25.3 Å². The van der Waals surface area contributed by atoms with Crippen LogP contribution in [-0.2, 0) is 24.2 Å². The van der Waals surface area contributed by atoms with Crippen LogP contribution in [0.2, 0.25) is 0 Å². The van der Waals surface area contributed by atoms with Crippen molar-refractivity contribution in [3.8, 4) is 0 Å². The monoisotopic (exact) mass is 306 g/mol. The van der Waals surface area contributed by atoms with E-state index in [2.05, 4.69) is 25.1 Å². The Kier molecular flexibility index (Phi) is 5.12. The Labute approximate surface area is 129 Å². The molecule has 0 spiro atoms. The lowest BCUT2D eigenvalue weighted by molar-refractivity contribution is 0.138. The molecule has 8 nitrogen and oxygen atoms in total. The van der Waals surface area contributed by atoms with Crippen LogP contribution in [-0.4, -0.2) is 56.6 Å². The average Bonchev–Trinajstić information content (AvgIpc) is 3.17. The maximum atomic E-state index is 5.32. The fourth-order valence-electron chi connectivity index (χ4n) is 2.88. The topological polar surface area (TPSA) is 82.1 Å². The molecule has 1 aliphatic rings. The number of hydrogen-bond donors (Lipinski definition) is 0. The van der Waals surface area contributed by atoms with Crippen LogP contribution in [0.3, 0.4) is 0 Å². The molecular formula is C14H22N6O2. The molecule has 1 aliphatic heterocycles. The smallest absolute Gasteiger partial charge is 0.240 e. The maximum Gasteiger partial charge on any atom is 0.240 e. The molecule has 0 amide bonds. The van der Waals surface area contributed by atoms with Crippen LogP contribution in [0.15, 0.2) is 17.2 Å². The summed E-state index contributed by atoms with van der Waals surface area (Å²) in [5.41, 5.74) is 0. The van der Waals surface area contributed by atoms with Gasteiger partial charge in [0, 0.05) is 26.6 Å². The Morgan fingerprint density at radius 3 is 3.23 bits per heavy atom. The van der Waals surface area contributed by atoms with E-state index in [1.165, 1.54) is 12.8 Å².